The maximum absolute atomic E-state index is 4.95. The van der Waals surface area contributed by atoms with Gasteiger partial charge in [0.1, 0.15) is 6.61 Å². The van der Waals surface area contributed by atoms with E-state index in [4.69, 9.17) is 4.89 Å². The zero-order valence-corrected chi connectivity index (χ0v) is 17.4. The van der Waals surface area contributed by atoms with Crippen LogP contribution in [0.4, 0.5) is 0 Å². The molecule has 0 bridgehead atoms. The predicted octanol–water partition coefficient (Wildman–Crippen LogP) is 6.99. The third-order valence-corrected chi connectivity index (χ3v) is 5.14. The lowest BCUT2D eigenvalue weighted by Gasteiger charge is -2.07. The fraction of sp³-hybridized carbons (Fsp3) is 0.231. The van der Waals surface area contributed by atoms with Gasteiger partial charge in [0.2, 0.25) is 0 Å². The number of aryl methyl sites for hydroxylation is 4. The van der Waals surface area contributed by atoms with E-state index in [0.717, 1.165) is 5.56 Å². The van der Waals surface area contributed by atoms with Crippen LogP contribution in [-0.2, 0) is 16.4 Å². The molecule has 0 heterocycles. The van der Waals surface area contributed by atoms with Crippen LogP contribution < -0.4 is 0 Å². The molecule has 0 saturated heterocycles. The van der Waals surface area contributed by atoms with Crippen LogP contribution in [0.5, 0.6) is 0 Å². The second-order valence-corrected chi connectivity index (χ2v) is 7.34. The summed E-state index contributed by atoms with van der Waals surface area (Å²) < 4.78 is 0. The number of rotatable bonds is 3. The van der Waals surface area contributed by atoms with Crippen LogP contribution in [0.25, 0.3) is 21.5 Å². The van der Waals surface area contributed by atoms with E-state index in [1.54, 1.807) is 0 Å². The molecule has 0 spiro atoms. The number of fused-ring (bicyclic) bond motifs is 2. The molecular weight excluding hydrogens is 344 g/mol. The lowest BCUT2D eigenvalue weighted by atomic mass is 10.0. The summed E-state index contributed by atoms with van der Waals surface area (Å²) in [5.74, 6) is 0. The summed E-state index contributed by atoms with van der Waals surface area (Å²) in [4.78, 5) is 9.56. The molecule has 0 radical (unpaired) electrons. The van der Waals surface area contributed by atoms with Gasteiger partial charge in [0.25, 0.3) is 0 Å². The van der Waals surface area contributed by atoms with Crippen molar-refractivity contribution in [3.05, 3.63) is 94.5 Å². The molecule has 0 fully saturated rings. The van der Waals surface area contributed by atoms with E-state index in [0.29, 0.717) is 6.61 Å². The van der Waals surface area contributed by atoms with Crippen LogP contribution in [0.15, 0.2) is 66.7 Å². The quantitative estimate of drug-likeness (QED) is 0.285. The van der Waals surface area contributed by atoms with Crippen molar-refractivity contribution in [3.63, 3.8) is 0 Å². The van der Waals surface area contributed by atoms with Gasteiger partial charge in [0.05, 0.1) is 7.11 Å². The largest absolute Gasteiger partial charge is 0.240 e. The van der Waals surface area contributed by atoms with Crippen LogP contribution in [0.3, 0.4) is 0 Å². The number of hydrogen-bond acceptors (Lipinski definition) is 2. The van der Waals surface area contributed by atoms with E-state index >= 15 is 0 Å². The standard InChI is InChI=1S/C13H14O2.C13H14/c1-10-7-11-5-3-4-6-12(11)8-13(10)9-15-14-2;1-9-4-5-12-7-10(2)11(3)8-13(12)6-9/h3-8H,9H2,1-2H3;4-8H,1-3H3. The zero-order chi connectivity index (χ0) is 20.1. The molecule has 4 aromatic rings. The van der Waals surface area contributed by atoms with Crippen LogP contribution in [-0.4, -0.2) is 7.11 Å². The molecule has 4 rings (SSSR count). The summed E-state index contributed by atoms with van der Waals surface area (Å²) in [5, 5.41) is 5.19. The summed E-state index contributed by atoms with van der Waals surface area (Å²) >= 11 is 0. The Balaban J connectivity index is 0.000000162. The highest BCUT2D eigenvalue weighted by Crippen LogP contribution is 2.21. The van der Waals surface area contributed by atoms with Gasteiger partial charge in [0.15, 0.2) is 0 Å². The van der Waals surface area contributed by atoms with E-state index in [-0.39, 0.29) is 0 Å². The van der Waals surface area contributed by atoms with Crippen LogP contribution in [0.1, 0.15) is 27.8 Å². The van der Waals surface area contributed by atoms with Crippen molar-refractivity contribution in [3.8, 4) is 0 Å². The molecule has 2 nitrogen and oxygen atoms in total. The normalized spacial score (nSPS) is 10.8. The topological polar surface area (TPSA) is 18.5 Å². The molecule has 0 aliphatic carbocycles. The van der Waals surface area contributed by atoms with Crippen molar-refractivity contribution in [2.45, 2.75) is 34.3 Å². The van der Waals surface area contributed by atoms with E-state index in [2.05, 4.69) is 87.2 Å². The Hall–Kier alpha value is -2.68. The Morgan fingerprint density at radius 3 is 1.86 bits per heavy atom. The van der Waals surface area contributed by atoms with Gasteiger partial charge in [0, 0.05) is 0 Å². The molecule has 0 aromatic heterocycles. The lowest BCUT2D eigenvalue weighted by Crippen LogP contribution is -1.94. The van der Waals surface area contributed by atoms with E-state index in [1.165, 1.54) is 50.9 Å². The summed E-state index contributed by atoms with van der Waals surface area (Å²) in [6, 6.07) is 23.7. The van der Waals surface area contributed by atoms with Crippen LogP contribution in [0.2, 0.25) is 0 Å². The summed E-state index contributed by atoms with van der Waals surface area (Å²) in [7, 11) is 1.52. The average Bonchev–Trinajstić information content (AvgIpc) is 2.68. The molecule has 0 amide bonds. The molecule has 0 aliphatic rings. The number of benzene rings is 4. The Bertz CT molecular complexity index is 1100. The van der Waals surface area contributed by atoms with Crippen LogP contribution in [0, 0.1) is 27.7 Å². The predicted molar refractivity (Wildman–Crippen MR) is 119 cm³/mol. The Morgan fingerprint density at radius 2 is 1.18 bits per heavy atom. The van der Waals surface area contributed by atoms with Gasteiger partial charge in [-0.05, 0) is 77.6 Å². The molecular formula is C26H28O2. The average molecular weight is 373 g/mol. The van der Waals surface area contributed by atoms with Crippen molar-refractivity contribution < 1.29 is 9.78 Å². The summed E-state index contributed by atoms with van der Waals surface area (Å²) in [5.41, 5.74) is 6.46. The first kappa shape index (κ1) is 20.1. The Labute approximate surface area is 167 Å². The third kappa shape index (κ3) is 4.78. The maximum Gasteiger partial charge on any atom is 0.108 e. The molecule has 0 aliphatic heterocycles. The van der Waals surface area contributed by atoms with Crippen molar-refractivity contribution in [1.29, 1.82) is 0 Å². The van der Waals surface area contributed by atoms with Gasteiger partial charge < -0.3 is 0 Å². The molecule has 28 heavy (non-hydrogen) atoms. The van der Waals surface area contributed by atoms with E-state index in [9.17, 15) is 0 Å². The highest BCUT2D eigenvalue weighted by atomic mass is 17.2. The third-order valence-electron chi connectivity index (χ3n) is 5.14. The SMILES string of the molecule is COOCc1cc2ccccc2cc1C.Cc1ccc2cc(C)c(C)cc2c1. The van der Waals surface area contributed by atoms with Gasteiger partial charge in [-0.25, -0.2) is 9.78 Å². The van der Waals surface area contributed by atoms with Gasteiger partial charge in [-0.3, -0.25) is 0 Å². The molecule has 144 valence electrons. The van der Waals surface area contributed by atoms with Gasteiger partial charge >= 0.3 is 0 Å². The highest BCUT2D eigenvalue weighted by molar-refractivity contribution is 5.85. The lowest BCUT2D eigenvalue weighted by molar-refractivity contribution is -0.282. The Kier molecular flexibility index (Phi) is 6.45. The van der Waals surface area contributed by atoms with Gasteiger partial charge in [-0.15, -0.1) is 0 Å². The van der Waals surface area contributed by atoms with E-state index < -0.39 is 0 Å². The first-order chi connectivity index (χ1) is 13.5. The van der Waals surface area contributed by atoms with Crippen molar-refractivity contribution >= 4 is 21.5 Å². The Morgan fingerprint density at radius 1 is 0.607 bits per heavy atom. The highest BCUT2D eigenvalue weighted by Gasteiger charge is 2.01. The molecule has 0 unspecified atom stereocenters. The molecule has 4 aromatic carbocycles. The van der Waals surface area contributed by atoms with Crippen molar-refractivity contribution in [1.82, 2.24) is 0 Å². The molecule has 0 saturated carbocycles. The molecule has 2 heteroatoms. The van der Waals surface area contributed by atoms with Crippen LogP contribution >= 0.6 is 0 Å². The second-order valence-electron chi connectivity index (χ2n) is 7.34. The summed E-state index contributed by atoms with van der Waals surface area (Å²) in [6.45, 7) is 9.04. The first-order valence-electron chi connectivity index (χ1n) is 9.59. The monoisotopic (exact) mass is 372 g/mol. The summed E-state index contributed by atoms with van der Waals surface area (Å²) in [6.07, 6.45) is 0. The fourth-order valence-electron chi connectivity index (χ4n) is 3.32. The minimum atomic E-state index is 0.493. The molecule has 0 N–H and O–H groups in total. The smallest absolute Gasteiger partial charge is 0.108 e. The molecule has 0 atom stereocenters. The second kappa shape index (κ2) is 9.01. The van der Waals surface area contributed by atoms with Gasteiger partial charge in [-0.2, -0.15) is 0 Å². The zero-order valence-electron chi connectivity index (χ0n) is 17.4. The fourth-order valence-corrected chi connectivity index (χ4v) is 3.32. The minimum absolute atomic E-state index is 0.493. The number of hydrogen-bond donors (Lipinski definition) is 0. The minimum Gasteiger partial charge on any atom is -0.240 e. The van der Waals surface area contributed by atoms with Crippen molar-refractivity contribution in [2.75, 3.05) is 7.11 Å². The van der Waals surface area contributed by atoms with Crippen molar-refractivity contribution in [2.24, 2.45) is 0 Å². The van der Waals surface area contributed by atoms with E-state index in [1.807, 2.05) is 12.1 Å². The van der Waals surface area contributed by atoms with Gasteiger partial charge in [-0.1, -0.05) is 66.2 Å². The maximum atomic E-state index is 4.95. The first-order valence-corrected chi connectivity index (χ1v) is 9.59.